The lowest BCUT2D eigenvalue weighted by Crippen LogP contribution is -2.28. The van der Waals surface area contributed by atoms with Crippen LogP contribution in [0.3, 0.4) is 0 Å². The maximum atomic E-state index is 6.11. The van der Waals surface area contributed by atoms with Crippen molar-refractivity contribution in [2.24, 2.45) is 0 Å². The molecule has 1 aromatic carbocycles. The smallest absolute Gasteiger partial charge is 0.135 e. The standard InChI is InChI=1S/C16H19BrClNO/c1-3-9-19-11(2)10-12-7-8-15(20-12)13-5-4-6-14(18)16(13)17/h4-8,11,19H,3,9-10H2,1-2H3. The summed E-state index contributed by atoms with van der Waals surface area (Å²) in [5.41, 5.74) is 0.984. The van der Waals surface area contributed by atoms with Gasteiger partial charge in [0.25, 0.3) is 0 Å². The van der Waals surface area contributed by atoms with E-state index in [0.29, 0.717) is 11.1 Å². The third-order valence-electron chi connectivity index (χ3n) is 3.13. The molecule has 1 heterocycles. The molecule has 0 radical (unpaired) electrons. The van der Waals surface area contributed by atoms with Crippen molar-refractivity contribution in [1.82, 2.24) is 5.32 Å². The van der Waals surface area contributed by atoms with Gasteiger partial charge in [0.05, 0.1) is 5.02 Å². The van der Waals surface area contributed by atoms with Gasteiger partial charge in [-0.3, -0.25) is 0 Å². The van der Waals surface area contributed by atoms with E-state index in [2.05, 4.69) is 35.1 Å². The zero-order valence-corrected chi connectivity index (χ0v) is 14.1. The van der Waals surface area contributed by atoms with Crippen LogP contribution in [0.15, 0.2) is 39.2 Å². The zero-order chi connectivity index (χ0) is 14.5. The van der Waals surface area contributed by atoms with Gasteiger partial charge < -0.3 is 9.73 Å². The van der Waals surface area contributed by atoms with Gasteiger partial charge in [0.1, 0.15) is 11.5 Å². The van der Waals surface area contributed by atoms with E-state index in [9.17, 15) is 0 Å². The molecule has 0 saturated heterocycles. The Bertz CT molecular complexity index is 567. The minimum Gasteiger partial charge on any atom is -0.461 e. The molecule has 1 unspecified atom stereocenters. The lowest BCUT2D eigenvalue weighted by Gasteiger charge is -2.11. The molecule has 0 aliphatic rings. The second-order valence-electron chi connectivity index (χ2n) is 4.93. The van der Waals surface area contributed by atoms with Crippen LogP contribution in [0.25, 0.3) is 11.3 Å². The van der Waals surface area contributed by atoms with Crippen LogP contribution in [-0.2, 0) is 6.42 Å². The van der Waals surface area contributed by atoms with Crippen LogP contribution in [-0.4, -0.2) is 12.6 Å². The Balaban J connectivity index is 2.11. The molecule has 108 valence electrons. The Morgan fingerprint density at radius 3 is 2.85 bits per heavy atom. The van der Waals surface area contributed by atoms with Crippen LogP contribution in [0.4, 0.5) is 0 Å². The molecule has 0 aliphatic heterocycles. The molecule has 0 spiro atoms. The first-order valence-electron chi connectivity index (χ1n) is 6.88. The first-order valence-corrected chi connectivity index (χ1v) is 8.05. The van der Waals surface area contributed by atoms with Crippen molar-refractivity contribution in [2.75, 3.05) is 6.54 Å². The number of benzene rings is 1. The van der Waals surface area contributed by atoms with Crippen LogP contribution in [0.2, 0.25) is 5.02 Å². The highest BCUT2D eigenvalue weighted by Crippen LogP contribution is 2.34. The zero-order valence-electron chi connectivity index (χ0n) is 11.7. The van der Waals surface area contributed by atoms with Gasteiger partial charge in [0.15, 0.2) is 0 Å². The van der Waals surface area contributed by atoms with Crippen molar-refractivity contribution >= 4 is 27.5 Å². The lowest BCUT2D eigenvalue weighted by molar-refractivity contribution is 0.464. The van der Waals surface area contributed by atoms with Crippen LogP contribution in [0, 0.1) is 0 Å². The molecule has 0 fully saturated rings. The summed E-state index contributed by atoms with van der Waals surface area (Å²) in [5.74, 6) is 1.83. The van der Waals surface area contributed by atoms with E-state index in [0.717, 1.165) is 40.9 Å². The fourth-order valence-corrected chi connectivity index (χ4v) is 2.73. The van der Waals surface area contributed by atoms with E-state index in [1.807, 2.05) is 30.3 Å². The Morgan fingerprint density at radius 1 is 1.30 bits per heavy atom. The van der Waals surface area contributed by atoms with Gasteiger partial charge in [0, 0.05) is 22.5 Å². The topological polar surface area (TPSA) is 25.2 Å². The Kier molecular flexibility index (Phi) is 5.70. The van der Waals surface area contributed by atoms with E-state index in [1.165, 1.54) is 0 Å². The average Bonchev–Trinajstić information content (AvgIpc) is 2.88. The first-order chi connectivity index (χ1) is 9.61. The normalized spacial score (nSPS) is 12.6. The maximum Gasteiger partial charge on any atom is 0.135 e. The number of furan rings is 1. The monoisotopic (exact) mass is 355 g/mol. The summed E-state index contributed by atoms with van der Waals surface area (Å²) in [7, 11) is 0. The second kappa shape index (κ2) is 7.30. The molecule has 0 amide bonds. The van der Waals surface area contributed by atoms with E-state index < -0.39 is 0 Å². The van der Waals surface area contributed by atoms with Gasteiger partial charge in [-0.15, -0.1) is 0 Å². The molecule has 1 atom stereocenters. The fraction of sp³-hybridized carbons (Fsp3) is 0.375. The summed E-state index contributed by atoms with van der Waals surface area (Å²) in [5, 5.41) is 4.15. The molecular weight excluding hydrogens is 338 g/mol. The summed E-state index contributed by atoms with van der Waals surface area (Å²) >= 11 is 9.62. The molecule has 2 rings (SSSR count). The predicted octanol–water partition coefficient (Wildman–Crippen LogP) is 5.29. The van der Waals surface area contributed by atoms with Crippen molar-refractivity contribution in [3.8, 4) is 11.3 Å². The highest BCUT2D eigenvalue weighted by molar-refractivity contribution is 9.10. The molecule has 2 aromatic rings. The molecule has 0 aliphatic carbocycles. The predicted molar refractivity (Wildman–Crippen MR) is 88.3 cm³/mol. The van der Waals surface area contributed by atoms with Gasteiger partial charge in [-0.1, -0.05) is 24.6 Å². The fourth-order valence-electron chi connectivity index (χ4n) is 2.09. The van der Waals surface area contributed by atoms with Crippen LogP contribution in [0.5, 0.6) is 0 Å². The SMILES string of the molecule is CCCNC(C)Cc1ccc(-c2cccc(Cl)c2Br)o1. The number of rotatable bonds is 6. The van der Waals surface area contributed by atoms with Gasteiger partial charge in [-0.05, 0) is 60.1 Å². The molecule has 1 N–H and O–H groups in total. The Morgan fingerprint density at radius 2 is 2.10 bits per heavy atom. The van der Waals surface area contributed by atoms with Crippen molar-refractivity contribution in [1.29, 1.82) is 0 Å². The molecule has 0 bridgehead atoms. The maximum absolute atomic E-state index is 6.11. The van der Waals surface area contributed by atoms with E-state index >= 15 is 0 Å². The van der Waals surface area contributed by atoms with Crippen LogP contribution >= 0.6 is 27.5 Å². The summed E-state index contributed by atoms with van der Waals surface area (Å²) < 4.78 is 6.80. The molecular formula is C16H19BrClNO. The highest BCUT2D eigenvalue weighted by Gasteiger charge is 2.12. The minimum absolute atomic E-state index is 0.414. The lowest BCUT2D eigenvalue weighted by atomic mass is 10.2. The summed E-state index contributed by atoms with van der Waals surface area (Å²) in [6.45, 7) is 5.38. The third kappa shape index (κ3) is 3.87. The number of nitrogens with one attached hydrogen (secondary N) is 1. The van der Waals surface area contributed by atoms with Crippen LogP contribution < -0.4 is 5.32 Å². The second-order valence-corrected chi connectivity index (χ2v) is 6.13. The highest BCUT2D eigenvalue weighted by atomic mass is 79.9. The summed E-state index contributed by atoms with van der Waals surface area (Å²) in [6.07, 6.45) is 2.03. The number of halogens is 2. The Hall–Kier alpha value is -0.770. The quantitative estimate of drug-likeness (QED) is 0.760. The van der Waals surface area contributed by atoms with Crippen molar-refractivity contribution < 1.29 is 4.42 Å². The van der Waals surface area contributed by atoms with Gasteiger partial charge in [-0.25, -0.2) is 0 Å². The molecule has 1 aromatic heterocycles. The van der Waals surface area contributed by atoms with Crippen molar-refractivity contribution in [3.63, 3.8) is 0 Å². The van der Waals surface area contributed by atoms with E-state index in [4.69, 9.17) is 16.0 Å². The number of hydrogen-bond donors (Lipinski definition) is 1. The van der Waals surface area contributed by atoms with Gasteiger partial charge in [0.2, 0.25) is 0 Å². The largest absolute Gasteiger partial charge is 0.461 e. The molecule has 0 saturated carbocycles. The molecule has 2 nitrogen and oxygen atoms in total. The molecule has 20 heavy (non-hydrogen) atoms. The van der Waals surface area contributed by atoms with E-state index in [-0.39, 0.29) is 0 Å². The van der Waals surface area contributed by atoms with Gasteiger partial charge >= 0.3 is 0 Å². The van der Waals surface area contributed by atoms with E-state index in [1.54, 1.807) is 0 Å². The molecule has 4 heteroatoms. The average molecular weight is 357 g/mol. The summed E-state index contributed by atoms with van der Waals surface area (Å²) in [6, 6.07) is 10.2. The Labute approximate surface area is 133 Å². The first kappa shape index (κ1) is 15.6. The third-order valence-corrected chi connectivity index (χ3v) is 4.53. The van der Waals surface area contributed by atoms with Gasteiger partial charge in [-0.2, -0.15) is 0 Å². The van der Waals surface area contributed by atoms with Crippen molar-refractivity contribution in [2.45, 2.75) is 32.7 Å². The van der Waals surface area contributed by atoms with Crippen molar-refractivity contribution in [3.05, 3.63) is 45.6 Å². The number of hydrogen-bond acceptors (Lipinski definition) is 2. The van der Waals surface area contributed by atoms with Crippen LogP contribution in [0.1, 0.15) is 26.0 Å². The minimum atomic E-state index is 0.414. The summed E-state index contributed by atoms with van der Waals surface area (Å²) in [4.78, 5) is 0.